The van der Waals surface area contributed by atoms with Crippen LogP contribution in [0.15, 0.2) is 23.2 Å². The van der Waals surface area contributed by atoms with Gasteiger partial charge in [0.1, 0.15) is 0 Å². The number of guanidine groups is 1. The maximum Gasteiger partial charge on any atom is 0.191 e. The third kappa shape index (κ3) is 6.53. The number of likely N-dealkylation sites (tertiary alicyclic amines) is 1. The Labute approximate surface area is 154 Å². The second kappa shape index (κ2) is 10.4. The van der Waals surface area contributed by atoms with Crippen LogP contribution in [-0.2, 0) is 0 Å². The number of nitrogens with one attached hydrogen (secondary N) is 2. The van der Waals surface area contributed by atoms with Gasteiger partial charge in [0.2, 0.25) is 0 Å². The molecule has 146 valence electrons. The van der Waals surface area contributed by atoms with Crippen molar-refractivity contribution in [2.45, 2.75) is 45.3 Å². The average Bonchev–Trinajstić information content (AvgIpc) is 2.62. The van der Waals surface area contributed by atoms with Crippen molar-refractivity contribution in [3.05, 3.63) is 35.4 Å². The van der Waals surface area contributed by atoms with Gasteiger partial charge in [-0.3, -0.25) is 4.99 Å². The molecular weight excluding hydrogens is 338 g/mol. The van der Waals surface area contributed by atoms with Crippen molar-refractivity contribution in [2.24, 2.45) is 4.99 Å². The first kappa shape index (κ1) is 20.6. The fourth-order valence-electron chi connectivity index (χ4n) is 3.02. The molecule has 3 N–H and O–H groups in total. The topological polar surface area (TPSA) is 59.9 Å². The van der Waals surface area contributed by atoms with Crippen molar-refractivity contribution in [1.82, 2.24) is 15.5 Å². The number of aliphatic imine (C=N–C) groups is 1. The Bertz CT molecular complexity index is 589. The Morgan fingerprint density at radius 3 is 2.69 bits per heavy atom. The summed E-state index contributed by atoms with van der Waals surface area (Å²) in [7, 11) is 0. The number of piperidine rings is 1. The second-order valence-corrected chi connectivity index (χ2v) is 6.73. The lowest BCUT2D eigenvalue weighted by molar-refractivity contribution is 0.0824. The van der Waals surface area contributed by atoms with Gasteiger partial charge in [0.05, 0.1) is 12.1 Å². The zero-order chi connectivity index (χ0) is 18.9. The zero-order valence-electron chi connectivity index (χ0n) is 15.6. The summed E-state index contributed by atoms with van der Waals surface area (Å²) in [4.78, 5) is 6.92. The number of aliphatic hydroxyl groups excluding tert-OH is 1. The minimum Gasteiger partial charge on any atom is -0.393 e. The van der Waals surface area contributed by atoms with E-state index in [1.165, 1.54) is 6.07 Å². The molecule has 1 aromatic carbocycles. The fourth-order valence-corrected chi connectivity index (χ4v) is 3.02. The molecule has 0 aliphatic carbocycles. The summed E-state index contributed by atoms with van der Waals surface area (Å²) in [6, 6.07) is 3.74. The van der Waals surface area contributed by atoms with Crippen molar-refractivity contribution < 1.29 is 13.9 Å². The normalized spacial score (nSPS) is 18.0. The minimum absolute atomic E-state index is 0.147. The molecule has 0 bridgehead atoms. The van der Waals surface area contributed by atoms with Crippen LogP contribution >= 0.6 is 0 Å². The van der Waals surface area contributed by atoms with Crippen LogP contribution in [-0.4, -0.2) is 54.8 Å². The van der Waals surface area contributed by atoms with E-state index in [-0.39, 0.29) is 12.1 Å². The highest BCUT2D eigenvalue weighted by Crippen LogP contribution is 2.16. The molecule has 1 unspecified atom stereocenters. The van der Waals surface area contributed by atoms with E-state index >= 15 is 0 Å². The number of hydrogen-bond acceptors (Lipinski definition) is 3. The van der Waals surface area contributed by atoms with Gasteiger partial charge in [-0.2, -0.15) is 0 Å². The lowest BCUT2D eigenvalue weighted by atomic mass is 10.1. The Kier molecular flexibility index (Phi) is 8.25. The Balaban J connectivity index is 1.82. The molecule has 5 nitrogen and oxygen atoms in total. The first-order valence-electron chi connectivity index (χ1n) is 9.39. The molecule has 1 atom stereocenters. The van der Waals surface area contributed by atoms with Crippen LogP contribution in [0.1, 0.15) is 44.7 Å². The van der Waals surface area contributed by atoms with E-state index in [0.29, 0.717) is 18.1 Å². The maximum absolute atomic E-state index is 13.4. The van der Waals surface area contributed by atoms with Crippen molar-refractivity contribution in [2.75, 3.05) is 32.7 Å². The van der Waals surface area contributed by atoms with Crippen LogP contribution in [0.4, 0.5) is 8.78 Å². The molecule has 2 rings (SSSR count). The van der Waals surface area contributed by atoms with Gasteiger partial charge < -0.3 is 20.6 Å². The molecule has 0 amide bonds. The summed E-state index contributed by atoms with van der Waals surface area (Å²) >= 11 is 0. The number of benzene rings is 1. The summed E-state index contributed by atoms with van der Waals surface area (Å²) < 4.78 is 26.5. The third-order valence-electron chi connectivity index (χ3n) is 4.60. The molecule has 0 aromatic heterocycles. The fraction of sp³-hybridized carbons (Fsp3) is 0.632. The molecule has 1 fully saturated rings. The first-order valence-corrected chi connectivity index (χ1v) is 9.39. The van der Waals surface area contributed by atoms with E-state index in [2.05, 4.69) is 20.5 Å². The molecule has 1 aromatic rings. The molecule has 1 aliphatic heterocycles. The molecule has 1 heterocycles. The van der Waals surface area contributed by atoms with Gasteiger partial charge >= 0.3 is 0 Å². The molecule has 7 heteroatoms. The van der Waals surface area contributed by atoms with Crippen LogP contribution < -0.4 is 10.6 Å². The Morgan fingerprint density at radius 2 is 2.04 bits per heavy atom. The quantitative estimate of drug-likeness (QED) is 0.393. The van der Waals surface area contributed by atoms with Gasteiger partial charge in [-0.1, -0.05) is 6.07 Å². The van der Waals surface area contributed by atoms with E-state index in [4.69, 9.17) is 0 Å². The molecule has 0 spiro atoms. The standard InChI is InChI=1S/C19H30F2N4O/c1-3-22-19(23-9-4-10-25-11-7-16(26)8-12-25)24-14(2)15-5-6-17(20)18(21)13-15/h5-6,13-14,16,26H,3-4,7-12H2,1-2H3,(H2,22,23,24). The maximum atomic E-state index is 13.4. The first-order chi connectivity index (χ1) is 12.5. The van der Waals surface area contributed by atoms with Gasteiger partial charge in [-0.15, -0.1) is 0 Å². The summed E-state index contributed by atoms with van der Waals surface area (Å²) in [5, 5.41) is 15.9. The number of halogens is 2. The summed E-state index contributed by atoms with van der Waals surface area (Å²) in [5.41, 5.74) is 0.668. The number of hydrogen-bond donors (Lipinski definition) is 3. The van der Waals surface area contributed by atoms with Crippen molar-refractivity contribution in [3.8, 4) is 0 Å². The summed E-state index contributed by atoms with van der Waals surface area (Å²) in [5.74, 6) is -1.02. The van der Waals surface area contributed by atoms with Gasteiger partial charge in [0.15, 0.2) is 17.6 Å². The van der Waals surface area contributed by atoms with Crippen molar-refractivity contribution >= 4 is 5.96 Å². The van der Waals surface area contributed by atoms with Crippen LogP contribution in [0, 0.1) is 11.6 Å². The molecule has 0 saturated carbocycles. The number of rotatable bonds is 7. The van der Waals surface area contributed by atoms with Gasteiger partial charge in [-0.05, 0) is 57.4 Å². The highest BCUT2D eigenvalue weighted by atomic mass is 19.2. The second-order valence-electron chi connectivity index (χ2n) is 6.73. The predicted molar refractivity (Wildman–Crippen MR) is 100 cm³/mol. The SMILES string of the molecule is CCNC(=NCCCN1CCC(O)CC1)NC(C)c1ccc(F)c(F)c1. The third-order valence-corrected chi connectivity index (χ3v) is 4.60. The van der Waals surface area contributed by atoms with E-state index in [0.717, 1.165) is 51.5 Å². The largest absolute Gasteiger partial charge is 0.393 e. The van der Waals surface area contributed by atoms with Crippen LogP contribution in [0.2, 0.25) is 0 Å². The highest BCUT2D eigenvalue weighted by molar-refractivity contribution is 5.80. The molecule has 1 aliphatic rings. The Hall–Kier alpha value is -1.73. The smallest absolute Gasteiger partial charge is 0.191 e. The van der Waals surface area contributed by atoms with Gasteiger partial charge in [0, 0.05) is 26.2 Å². The van der Waals surface area contributed by atoms with E-state index in [1.807, 2.05) is 13.8 Å². The predicted octanol–water partition coefficient (Wildman–Crippen LogP) is 2.43. The minimum atomic E-state index is -0.843. The lowest BCUT2D eigenvalue weighted by Gasteiger charge is -2.29. The molecular formula is C19H30F2N4O. The van der Waals surface area contributed by atoms with Gasteiger partial charge in [0.25, 0.3) is 0 Å². The van der Waals surface area contributed by atoms with Crippen molar-refractivity contribution in [3.63, 3.8) is 0 Å². The molecule has 1 saturated heterocycles. The van der Waals surface area contributed by atoms with Gasteiger partial charge in [-0.25, -0.2) is 8.78 Å². The van der Waals surface area contributed by atoms with Crippen LogP contribution in [0.5, 0.6) is 0 Å². The molecule has 0 radical (unpaired) electrons. The molecule has 26 heavy (non-hydrogen) atoms. The monoisotopic (exact) mass is 368 g/mol. The van der Waals surface area contributed by atoms with E-state index in [1.54, 1.807) is 6.07 Å². The van der Waals surface area contributed by atoms with Crippen LogP contribution in [0.25, 0.3) is 0 Å². The zero-order valence-corrected chi connectivity index (χ0v) is 15.6. The Morgan fingerprint density at radius 1 is 1.31 bits per heavy atom. The summed E-state index contributed by atoms with van der Waals surface area (Å²) in [6.45, 7) is 8.12. The van der Waals surface area contributed by atoms with Crippen LogP contribution in [0.3, 0.4) is 0 Å². The number of aliphatic hydroxyl groups is 1. The lowest BCUT2D eigenvalue weighted by Crippen LogP contribution is -2.39. The summed E-state index contributed by atoms with van der Waals surface area (Å²) in [6.07, 6.45) is 2.48. The number of nitrogens with zero attached hydrogens (tertiary/aromatic N) is 2. The van der Waals surface area contributed by atoms with Crippen molar-refractivity contribution in [1.29, 1.82) is 0 Å². The van der Waals surface area contributed by atoms with E-state index < -0.39 is 11.6 Å². The van der Waals surface area contributed by atoms with E-state index in [9.17, 15) is 13.9 Å². The average molecular weight is 368 g/mol. The highest BCUT2D eigenvalue weighted by Gasteiger charge is 2.16.